The van der Waals surface area contributed by atoms with Crippen molar-refractivity contribution in [3.05, 3.63) is 26.9 Å². The molecule has 0 saturated heterocycles. The van der Waals surface area contributed by atoms with Gasteiger partial charge in [-0.25, -0.2) is 4.98 Å². The van der Waals surface area contributed by atoms with Gasteiger partial charge in [0, 0.05) is 6.07 Å². The summed E-state index contributed by atoms with van der Waals surface area (Å²) in [5, 5.41) is 10.7. The number of anilines is 1. The van der Waals surface area contributed by atoms with Crippen molar-refractivity contribution in [2.45, 2.75) is 0 Å². The van der Waals surface area contributed by atoms with Gasteiger partial charge in [0.15, 0.2) is 0 Å². The monoisotopic (exact) mass is 361 g/mol. The summed E-state index contributed by atoms with van der Waals surface area (Å²) in [6.07, 6.45) is 1.03. The fourth-order valence-corrected chi connectivity index (χ4v) is 1.99. The normalized spacial score (nSPS) is 9.86. The number of ether oxygens (including phenoxy) is 2. The van der Waals surface area contributed by atoms with E-state index in [1.165, 1.54) is 25.2 Å². The third kappa shape index (κ3) is 4.67. The van der Waals surface area contributed by atoms with E-state index in [2.05, 4.69) is 30.4 Å². The summed E-state index contributed by atoms with van der Waals surface area (Å²) in [5.74, 6) is -0.992. The van der Waals surface area contributed by atoms with Crippen LogP contribution in [0.3, 0.4) is 0 Å². The van der Waals surface area contributed by atoms with Crippen LogP contribution >= 0.6 is 15.9 Å². The minimum Gasteiger partial charge on any atom is -0.468 e. The van der Waals surface area contributed by atoms with E-state index in [9.17, 15) is 19.7 Å². The first-order valence-electron chi connectivity index (χ1n) is 5.57. The molecule has 10 heteroatoms. The molecular weight excluding hydrogens is 350 g/mol. The zero-order valence-electron chi connectivity index (χ0n) is 11.2. The van der Waals surface area contributed by atoms with Crippen molar-refractivity contribution >= 4 is 39.4 Å². The number of hydrogen-bond donors (Lipinski definition) is 0. The van der Waals surface area contributed by atoms with Crippen LogP contribution in [0.2, 0.25) is 0 Å². The van der Waals surface area contributed by atoms with Gasteiger partial charge in [-0.1, -0.05) is 0 Å². The molecule has 0 aliphatic heterocycles. The molecule has 9 nitrogen and oxygen atoms in total. The van der Waals surface area contributed by atoms with Gasteiger partial charge in [0.05, 0.1) is 23.6 Å². The summed E-state index contributed by atoms with van der Waals surface area (Å²) in [6.45, 7) is -0.510. The van der Waals surface area contributed by atoms with Crippen molar-refractivity contribution in [1.29, 1.82) is 0 Å². The van der Waals surface area contributed by atoms with Crippen LogP contribution in [0.25, 0.3) is 0 Å². The number of aromatic nitrogens is 1. The van der Waals surface area contributed by atoms with E-state index in [1.807, 2.05) is 0 Å². The molecule has 0 atom stereocenters. The van der Waals surface area contributed by atoms with Gasteiger partial charge < -0.3 is 14.4 Å². The zero-order chi connectivity index (χ0) is 16.0. The highest BCUT2D eigenvalue weighted by atomic mass is 79.9. The Labute approximate surface area is 128 Å². The highest BCUT2D eigenvalue weighted by Gasteiger charge is 2.21. The molecule has 0 fully saturated rings. The number of methoxy groups -OCH3 is 2. The topological polar surface area (TPSA) is 112 Å². The molecule has 1 rings (SSSR count). The third-order valence-electron chi connectivity index (χ3n) is 2.41. The summed E-state index contributed by atoms with van der Waals surface area (Å²) >= 11 is 3.13. The van der Waals surface area contributed by atoms with Gasteiger partial charge in [-0.2, -0.15) is 0 Å². The van der Waals surface area contributed by atoms with Crippen LogP contribution < -0.4 is 4.90 Å². The predicted molar refractivity (Wildman–Crippen MR) is 74.8 cm³/mol. The second-order valence-electron chi connectivity index (χ2n) is 3.76. The maximum atomic E-state index is 11.4. The van der Waals surface area contributed by atoms with E-state index in [1.54, 1.807) is 0 Å². The number of carbonyl (C=O) groups excluding carboxylic acids is 2. The maximum Gasteiger partial charge on any atom is 0.325 e. The lowest BCUT2D eigenvalue weighted by molar-refractivity contribution is -0.385. The number of nitrogens with zero attached hydrogens (tertiary/aromatic N) is 3. The first-order chi connectivity index (χ1) is 9.88. The number of halogens is 1. The summed E-state index contributed by atoms with van der Waals surface area (Å²) in [4.78, 5) is 38.0. The van der Waals surface area contributed by atoms with Gasteiger partial charge in [0.25, 0.3) is 5.69 Å². The van der Waals surface area contributed by atoms with E-state index in [0.29, 0.717) is 0 Å². The fourth-order valence-electron chi connectivity index (χ4n) is 1.40. The molecule has 0 bridgehead atoms. The van der Waals surface area contributed by atoms with Crippen molar-refractivity contribution < 1.29 is 24.0 Å². The van der Waals surface area contributed by atoms with Gasteiger partial charge in [-0.15, -0.1) is 0 Å². The maximum absolute atomic E-state index is 11.4. The van der Waals surface area contributed by atoms with E-state index in [4.69, 9.17) is 0 Å². The Morgan fingerprint density at radius 2 is 1.86 bits per heavy atom. The number of hydrogen-bond acceptors (Lipinski definition) is 8. The first kappa shape index (κ1) is 16.8. The zero-order valence-corrected chi connectivity index (χ0v) is 12.8. The van der Waals surface area contributed by atoms with Crippen molar-refractivity contribution in [3.8, 4) is 0 Å². The first-order valence-corrected chi connectivity index (χ1v) is 6.36. The van der Waals surface area contributed by atoms with E-state index >= 15 is 0 Å². The molecule has 1 heterocycles. The SMILES string of the molecule is COC(=O)CN(CC(=O)OC)c1ncc([N+](=O)[O-])cc1Br. The Kier molecular flexibility index (Phi) is 6.03. The summed E-state index contributed by atoms with van der Waals surface area (Å²) in [7, 11) is 2.41. The number of esters is 2. The van der Waals surface area contributed by atoms with Gasteiger partial charge in [-0.05, 0) is 15.9 Å². The number of rotatable bonds is 6. The predicted octanol–water partition coefficient (Wildman–Crippen LogP) is 0.905. The van der Waals surface area contributed by atoms with Crippen LogP contribution in [0.1, 0.15) is 0 Å². The van der Waals surface area contributed by atoms with Crippen LogP contribution in [-0.4, -0.2) is 49.2 Å². The molecule has 114 valence electrons. The smallest absolute Gasteiger partial charge is 0.325 e. The average Bonchev–Trinajstić information content (AvgIpc) is 2.45. The van der Waals surface area contributed by atoms with E-state index in [-0.39, 0.29) is 29.1 Å². The Bertz CT molecular complexity index is 547. The van der Waals surface area contributed by atoms with Crippen molar-refractivity contribution in [3.63, 3.8) is 0 Å². The molecule has 0 unspecified atom stereocenters. The fraction of sp³-hybridized carbons (Fsp3) is 0.364. The third-order valence-corrected chi connectivity index (χ3v) is 3.00. The van der Waals surface area contributed by atoms with E-state index < -0.39 is 16.9 Å². The van der Waals surface area contributed by atoms with E-state index in [0.717, 1.165) is 6.20 Å². The molecular formula is C11H12BrN3O6. The lowest BCUT2D eigenvalue weighted by atomic mass is 10.3. The van der Waals surface area contributed by atoms with Crippen LogP contribution in [-0.2, 0) is 19.1 Å². The lowest BCUT2D eigenvalue weighted by Crippen LogP contribution is -2.36. The number of pyridine rings is 1. The van der Waals surface area contributed by atoms with Crippen LogP contribution in [0.4, 0.5) is 11.5 Å². The molecule has 0 aliphatic carbocycles. The second-order valence-corrected chi connectivity index (χ2v) is 4.62. The van der Waals surface area contributed by atoms with Crippen molar-refractivity contribution in [1.82, 2.24) is 4.98 Å². The molecule has 0 aromatic carbocycles. The van der Waals surface area contributed by atoms with Crippen molar-refractivity contribution in [2.24, 2.45) is 0 Å². The summed E-state index contributed by atoms with van der Waals surface area (Å²) < 4.78 is 9.34. The van der Waals surface area contributed by atoms with Crippen LogP contribution in [0.15, 0.2) is 16.7 Å². The van der Waals surface area contributed by atoms with Gasteiger partial charge in [-0.3, -0.25) is 19.7 Å². The minimum absolute atomic E-state index is 0.191. The van der Waals surface area contributed by atoms with Gasteiger partial charge >= 0.3 is 11.9 Å². The number of nitro groups is 1. The van der Waals surface area contributed by atoms with Crippen LogP contribution in [0, 0.1) is 10.1 Å². The lowest BCUT2D eigenvalue weighted by Gasteiger charge is -2.21. The molecule has 0 amide bonds. The number of carbonyl (C=O) groups is 2. The van der Waals surface area contributed by atoms with Gasteiger partial charge in [0.2, 0.25) is 0 Å². The standard InChI is InChI=1S/C11H12BrN3O6/c1-20-9(16)5-14(6-10(17)21-2)11-8(12)3-7(4-13-11)15(18)19/h3-4H,5-6H2,1-2H3. The largest absolute Gasteiger partial charge is 0.468 e. The molecule has 0 saturated carbocycles. The quantitative estimate of drug-likeness (QED) is 0.417. The Balaban J connectivity index is 3.09. The highest BCUT2D eigenvalue weighted by Crippen LogP contribution is 2.27. The molecule has 1 aromatic heterocycles. The van der Waals surface area contributed by atoms with Crippen molar-refractivity contribution in [2.75, 3.05) is 32.2 Å². The summed E-state index contributed by atoms with van der Waals surface area (Å²) in [5.41, 5.74) is -0.221. The highest BCUT2D eigenvalue weighted by molar-refractivity contribution is 9.10. The molecule has 0 spiro atoms. The molecule has 21 heavy (non-hydrogen) atoms. The Morgan fingerprint density at radius 3 is 2.24 bits per heavy atom. The second kappa shape index (κ2) is 7.53. The molecule has 0 radical (unpaired) electrons. The molecule has 0 aliphatic rings. The molecule has 0 N–H and O–H groups in total. The molecule has 1 aromatic rings. The Hall–Kier alpha value is -2.23. The van der Waals surface area contributed by atoms with Gasteiger partial charge in [0.1, 0.15) is 25.1 Å². The average molecular weight is 362 g/mol. The Morgan fingerprint density at radius 1 is 1.33 bits per heavy atom. The summed E-state index contributed by atoms with van der Waals surface area (Å²) in [6, 6.07) is 1.23. The minimum atomic E-state index is -0.605. The van der Waals surface area contributed by atoms with Crippen LogP contribution in [0.5, 0.6) is 0 Å².